The van der Waals surface area contributed by atoms with Crippen LogP contribution >= 0.6 is 0 Å². The third-order valence-corrected chi connectivity index (χ3v) is 4.03. The monoisotopic (exact) mass is 262 g/mol. The zero-order valence-electron chi connectivity index (χ0n) is 12.1. The molecule has 1 saturated carbocycles. The summed E-state index contributed by atoms with van der Waals surface area (Å²) in [7, 11) is 1.81. The van der Waals surface area contributed by atoms with E-state index in [2.05, 4.69) is 12.0 Å². The number of nitrogens with zero attached hydrogens (tertiary/aromatic N) is 2. The van der Waals surface area contributed by atoms with Crippen LogP contribution < -0.4 is 0 Å². The molecule has 1 aromatic rings. The fraction of sp³-hybridized carbons (Fsp3) is 0.667. The Morgan fingerprint density at radius 2 is 2.16 bits per heavy atom. The first-order valence-electron chi connectivity index (χ1n) is 7.03. The van der Waals surface area contributed by atoms with Crippen LogP contribution in [-0.2, 0) is 18.3 Å². The second kappa shape index (κ2) is 5.27. The second-order valence-electron chi connectivity index (χ2n) is 5.85. The van der Waals surface area contributed by atoms with Crippen molar-refractivity contribution in [3.63, 3.8) is 0 Å². The van der Waals surface area contributed by atoms with E-state index in [9.17, 15) is 9.59 Å². The Morgan fingerprint density at radius 1 is 1.47 bits per heavy atom. The van der Waals surface area contributed by atoms with Crippen LogP contribution in [0.1, 0.15) is 49.7 Å². The number of rotatable bonds is 3. The van der Waals surface area contributed by atoms with Crippen LogP contribution in [0.25, 0.3) is 0 Å². The molecule has 0 radical (unpaired) electrons. The Kier molecular flexibility index (Phi) is 3.88. The zero-order chi connectivity index (χ0) is 14.2. The first-order chi connectivity index (χ1) is 8.93. The molecule has 19 heavy (non-hydrogen) atoms. The van der Waals surface area contributed by atoms with E-state index in [-0.39, 0.29) is 17.5 Å². The first-order valence-corrected chi connectivity index (χ1v) is 7.03. The quantitative estimate of drug-likeness (QED) is 0.621. The van der Waals surface area contributed by atoms with Gasteiger partial charge in [0.2, 0.25) is 0 Å². The lowest BCUT2D eigenvalue weighted by atomic mass is 9.72. The van der Waals surface area contributed by atoms with E-state index in [1.54, 1.807) is 10.9 Å². The predicted molar refractivity (Wildman–Crippen MR) is 73.0 cm³/mol. The maximum atomic E-state index is 12.6. The van der Waals surface area contributed by atoms with Gasteiger partial charge < -0.3 is 0 Å². The van der Waals surface area contributed by atoms with E-state index in [0.29, 0.717) is 24.3 Å². The van der Waals surface area contributed by atoms with Gasteiger partial charge in [0, 0.05) is 19.7 Å². The smallest absolute Gasteiger partial charge is 0.177 e. The minimum atomic E-state index is -0.467. The van der Waals surface area contributed by atoms with Crippen LogP contribution in [0.4, 0.5) is 0 Å². The summed E-state index contributed by atoms with van der Waals surface area (Å²) >= 11 is 0. The summed E-state index contributed by atoms with van der Waals surface area (Å²) in [5.74, 6) is 0.127. The van der Waals surface area contributed by atoms with E-state index < -0.39 is 5.92 Å². The molecule has 2 rings (SSSR count). The summed E-state index contributed by atoms with van der Waals surface area (Å²) in [6, 6.07) is 0. The topological polar surface area (TPSA) is 52.0 Å². The Balaban J connectivity index is 2.30. The molecule has 0 saturated heterocycles. The number of hydrogen-bond acceptors (Lipinski definition) is 3. The van der Waals surface area contributed by atoms with Gasteiger partial charge in [0.15, 0.2) is 5.78 Å². The molecule has 4 nitrogen and oxygen atoms in total. The summed E-state index contributed by atoms with van der Waals surface area (Å²) in [4.78, 5) is 24.8. The number of hydrogen-bond donors (Lipinski definition) is 0. The normalized spacial score (nSPS) is 27.6. The van der Waals surface area contributed by atoms with Crippen molar-refractivity contribution in [2.24, 2.45) is 24.8 Å². The van der Waals surface area contributed by atoms with Crippen LogP contribution in [0.5, 0.6) is 0 Å². The Hall–Kier alpha value is -1.45. The van der Waals surface area contributed by atoms with Crippen LogP contribution in [0.3, 0.4) is 0 Å². The molecule has 1 aliphatic carbocycles. The van der Waals surface area contributed by atoms with E-state index in [4.69, 9.17) is 0 Å². The van der Waals surface area contributed by atoms with Crippen molar-refractivity contribution in [1.82, 2.24) is 9.78 Å². The molecule has 3 unspecified atom stereocenters. The first kappa shape index (κ1) is 14.0. The van der Waals surface area contributed by atoms with Gasteiger partial charge in [0.05, 0.1) is 17.2 Å². The van der Waals surface area contributed by atoms with Crippen LogP contribution in [0.2, 0.25) is 0 Å². The zero-order valence-corrected chi connectivity index (χ0v) is 12.1. The molecule has 4 heteroatoms. The number of aromatic nitrogens is 2. The van der Waals surface area contributed by atoms with Gasteiger partial charge >= 0.3 is 0 Å². The fourth-order valence-corrected chi connectivity index (χ4v) is 3.22. The largest absolute Gasteiger partial charge is 0.299 e. The number of carbonyl (C=O) groups is 2. The summed E-state index contributed by atoms with van der Waals surface area (Å²) in [5, 5.41) is 4.29. The number of Topliss-reactive ketones (excluding diaryl/α,β-unsaturated/α-hetero) is 2. The standard InChI is InChI=1S/C15H22N2O2/c1-5-12-11(8-17(4)16-12)15(19)14-10(3)6-9(2)7-13(14)18/h8-10,14H,5-7H2,1-4H3. The van der Waals surface area contributed by atoms with Crippen molar-refractivity contribution in [2.45, 2.75) is 40.0 Å². The molecule has 104 valence electrons. The molecule has 3 atom stereocenters. The maximum absolute atomic E-state index is 12.6. The van der Waals surface area contributed by atoms with Gasteiger partial charge in [-0.25, -0.2) is 0 Å². The highest BCUT2D eigenvalue weighted by Crippen LogP contribution is 2.33. The highest BCUT2D eigenvalue weighted by atomic mass is 16.2. The second-order valence-corrected chi connectivity index (χ2v) is 5.85. The van der Waals surface area contributed by atoms with E-state index >= 15 is 0 Å². The van der Waals surface area contributed by atoms with Gasteiger partial charge in [-0.3, -0.25) is 14.3 Å². The van der Waals surface area contributed by atoms with Crippen LogP contribution in [-0.4, -0.2) is 21.3 Å². The van der Waals surface area contributed by atoms with Crippen molar-refractivity contribution in [1.29, 1.82) is 0 Å². The highest BCUT2D eigenvalue weighted by Gasteiger charge is 2.38. The van der Waals surface area contributed by atoms with E-state index in [1.165, 1.54) is 0 Å². The molecule has 0 aliphatic heterocycles. The van der Waals surface area contributed by atoms with Gasteiger partial charge in [0.25, 0.3) is 0 Å². The molecule has 1 fully saturated rings. The highest BCUT2D eigenvalue weighted by molar-refractivity contribution is 6.11. The lowest BCUT2D eigenvalue weighted by molar-refractivity contribution is -0.125. The van der Waals surface area contributed by atoms with Crippen LogP contribution in [0.15, 0.2) is 6.20 Å². The molecule has 0 amide bonds. The van der Waals surface area contributed by atoms with E-state index in [1.807, 2.05) is 20.9 Å². The molecule has 0 spiro atoms. The summed E-state index contributed by atoms with van der Waals surface area (Å²) in [5.41, 5.74) is 1.43. The number of aryl methyl sites for hydroxylation is 2. The maximum Gasteiger partial charge on any atom is 0.177 e. The molecule has 0 bridgehead atoms. The molecule has 1 heterocycles. The number of ketones is 2. The minimum Gasteiger partial charge on any atom is -0.299 e. The SMILES string of the molecule is CCc1nn(C)cc1C(=O)C1C(=O)CC(C)CC1C. The Bertz CT molecular complexity index is 504. The van der Waals surface area contributed by atoms with Crippen molar-refractivity contribution in [2.75, 3.05) is 0 Å². The molecule has 1 aromatic heterocycles. The summed E-state index contributed by atoms with van der Waals surface area (Å²) in [6.07, 6.45) is 3.94. The molecular formula is C15H22N2O2. The van der Waals surface area contributed by atoms with Crippen molar-refractivity contribution < 1.29 is 9.59 Å². The van der Waals surface area contributed by atoms with Crippen molar-refractivity contribution in [3.8, 4) is 0 Å². The summed E-state index contributed by atoms with van der Waals surface area (Å²) < 4.78 is 1.66. The van der Waals surface area contributed by atoms with Gasteiger partial charge in [-0.1, -0.05) is 20.8 Å². The minimum absolute atomic E-state index is 0.0330. The van der Waals surface area contributed by atoms with Gasteiger partial charge in [-0.2, -0.15) is 5.10 Å². The average molecular weight is 262 g/mol. The predicted octanol–water partition coefficient (Wildman–Crippen LogP) is 2.42. The Morgan fingerprint density at radius 3 is 2.74 bits per heavy atom. The van der Waals surface area contributed by atoms with Gasteiger partial charge in [0.1, 0.15) is 5.78 Å². The molecule has 0 aromatic carbocycles. The third-order valence-electron chi connectivity index (χ3n) is 4.03. The van der Waals surface area contributed by atoms with Crippen LogP contribution in [0, 0.1) is 17.8 Å². The fourth-order valence-electron chi connectivity index (χ4n) is 3.22. The lowest BCUT2D eigenvalue weighted by Gasteiger charge is -2.30. The molecule has 1 aliphatic rings. The average Bonchev–Trinajstić information content (AvgIpc) is 2.69. The number of carbonyl (C=O) groups excluding carboxylic acids is 2. The Labute approximate surface area is 114 Å². The van der Waals surface area contributed by atoms with E-state index in [0.717, 1.165) is 12.1 Å². The van der Waals surface area contributed by atoms with Gasteiger partial charge in [-0.15, -0.1) is 0 Å². The molecule has 0 N–H and O–H groups in total. The van der Waals surface area contributed by atoms with Gasteiger partial charge in [-0.05, 0) is 24.7 Å². The lowest BCUT2D eigenvalue weighted by Crippen LogP contribution is -2.36. The molecular weight excluding hydrogens is 240 g/mol. The van der Waals surface area contributed by atoms with Crippen molar-refractivity contribution in [3.05, 3.63) is 17.5 Å². The summed E-state index contributed by atoms with van der Waals surface area (Å²) in [6.45, 7) is 6.07. The van der Waals surface area contributed by atoms with Crippen molar-refractivity contribution >= 4 is 11.6 Å². The third kappa shape index (κ3) is 2.62.